The molecule has 5 N–H and O–H groups in total. The molecule has 1 aliphatic rings. The molecule has 2 rings (SSSR count). The van der Waals surface area contributed by atoms with E-state index in [4.69, 9.17) is 5.84 Å². The van der Waals surface area contributed by atoms with Gasteiger partial charge in [0.2, 0.25) is 5.96 Å². The fourth-order valence-corrected chi connectivity index (χ4v) is 1.93. The van der Waals surface area contributed by atoms with Gasteiger partial charge in [-0.3, -0.25) is 10.5 Å². The van der Waals surface area contributed by atoms with E-state index in [9.17, 15) is 0 Å². The van der Waals surface area contributed by atoms with E-state index in [0.717, 1.165) is 5.56 Å². The van der Waals surface area contributed by atoms with E-state index in [-0.39, 0.29) is 0 Å². The number of nitrogens with one attached hydrogen (secondary N) is 3. The number of aromatic nitrogens is 2. The van der Waals surface area contributed by atoms with Gasteiger partial charge in [0.25, 0.3) is 0 Å². The number of rotatable bonds is 3. The summed E-state index contributed by atoms with van der Waals surface area (Å²) < 4.78 is 0. The molecule has 0 amide bonds. The van der Waals surface area contributed by atoms with Gasteiger partial charge in [0.15, 0.2) is 0 Å². The van der Waals surface area contributed by atoms with E-state index in [0.29, 0.717) is 18.5 Å². The van der Waals surface area contributed by atoms with Crippen LogP contribution in [0.2, 0.25) is 0 Å². The molecule has 0 unspecified atom stereocenters. The molecule has 1 fully saturated rings. The Hall–Kier alpha value is -1.56. The highest BCUT2D eigenvalue weighted by molar-refractivity contribution is 5.79. The third-order valence-electron chi connectivity index (χ3n) is 2.81. The van der Waals surface area contributed by atoms with Crippen molar-refractivity contribution in [3.63, 3.8) is 0 Å². The molecule has 1 aliphatic carbocycles. The fraction of sp³-hybridized carbons (Fsp3) is 0.600. The van der Waals surface area contributed by atoms with Crippen molar-refractivity contribution in [2.24, 2.45) is 10.8 Å². The molecule has 0 saturated heterocycles. The number of hydrogen-bond acceptors (Lipinski definition) is 3. The second-order valence-corrected chi connectivity index (χ2v) is 4.04. The van der Waals surface area contributed by atoms with E-state index < -0.39 is 0 Å². The minimum Gasteiger partial charge on any atom is -0.353 e. The summed E-state index contributed by atoms with van der Waals surface area (Å²) in [6, 6.07) is 0.513. The topological polar surface area (TPSA) is 91.1 Å². The van der Waals surface area contributed by atoms with Gasteiger partial charge in [-0.05, 0) is 12.8 Å². The van der Waals surface area contributed by atoms with Gasteiger partial charge < -0.3 is 5.32 Å². The average Bonchev–Trinajstić information content (AvgIpc) is 2.97. The standard InChI is InChI=1S/C10H18N6/c11-16-10(15-9-3-1-2-4-9)12-5-8-6-13-14-7-8/h6-7,9H,1-5,11H2,(H,13,14)(H2,12,15,16). The number of aromatic amines is 1. The summed E-state index contributed by atoms with van der Waals surface area (Å²) in [6.07, 6.45) is 8.56. The third kappa shape index (κ3) is 2.96. The van der Waals surface area contributed by atoms with Crippen LogP contribution < -0.4 is 16.6 Å². The van der Waals surface area contributed by atoms with Gasteiger partial charge in [-0.25, -0.2) is 10.8 Å². The molecule has 0 spiro atoms. The highest BCUT2D eigenvalue weighted by atomic mass is 15.3. The zero-order valence-corrected chi connectivity index (χ0v) is 9.24. The van der Waals surface area contributed by atoms with E-state index in [1.54, 1.807) is 6.20 Å². The molecule has 6 nitrogen and oxygen atoms in total. The van der Waals surface area contributed by atoms with Crippen molar-refractivity contribution in [2.45, 2.75) is 38.3 Å². The van der Waals surface area contributed by atoms with Gasteiger partial charge in [-0.15, -0.1) is 0 Å². The molecule has 1 heterocycles. The first-order valence-electron chi connectivity index (χ1n) is 5.64. The maximum atomic E-state index is 5.42. The molecule has 1 aromatic heterocycles. The maximum absolute atomic E-state index is 5.42. The van der Waals surface area contributed by atoms with Gasteiger partial charge in [0.1, 0.15) is 0 Å². The molecule has 0 radical (unpaired) electrons. The Morgan fingerprint density at radius 1 is 1.56 bits per heavy atom. The van der Waals surface area contributed by atoms with E-state index in [2.05, 4.69) is 25.9 Å². The van der Waals surface area contributed by atoms with Crippen LogP contribution in [0.3, 0.4) is 0 Å². The van der Waals surface area contributed by atoms with Crippen LogP contribution in [0.1, 0.15) is 31.2 Å². The van der Waals surface area contributed by atoms with Crippen molar-refractivity contribution in [3.05, 3.63) is 18.0 Å². The molecule has 6 heteroatoms. The Kier molecular flexibility index (Phi) is 3.76. The van der Waals surface area contributed by atoms with Gasteiger partial charge in [-0.1, -0.05) is 12.8 Å². The Labute approximate surface area is 94.7 Å². The lowest BCUT2D eigenvalue weighted by atomic mass is 10.2. The quantitative estimate of drug-likeness (QED) is 0.255. The first kappa shape index (κ1) is 10.9. The highest BCUT2D eigenvalue weighted by Crippen LogP contribution is 2.17. The van der Waals surface area contributed by atoms with Crippen molar-refractivity contribution in [3.8, 4) is 0 Å². The van der Waals surface area contributed by atoms with Gasteiger partial charge in [0.05, 0.1) is 12.7 Å². The van der Waals surface area contributed by atoms with Crippen LogP contribution in [0.4, 0.5) is 0 Å². The smallest absolute Gasteiger partial charge is 0.206 e. The monoisotopic (exact) mass is 222 g/mol. The van der Waals surface area contributed by atoms with E-state index >= 15 is 0 Å². The Morgan fingerprint density at radius 3 is 3.00 bits per heavy atom. The summed E-state index contributed by atoms with van der Waals surface area (Å²) in [5.74, 6) is 6.08. The summed E-state index contributed by atoms with van der Waals surface area (Å²) >= 11 is 0. The van der Waals surface area contributed by atoms with Crippen LogP contribution in [-0.2, 0) is 6.54 Å². The number of hydrazine groups is 1. The number of nitrogens with zero attached hydrogens (tertiary/aromatic N) is 2. The van der Waals surface area contributed by atoms with Crippen molar-refractivity contribution in [1.82, 2.24) is 20.9 Å². The second-order valence-electron chi connectivity index (χ2n) is 4.04. The number of nitrogens with two attached hydrogens (primary N) is 1. The summed E-state index contributed by atoms with van der Waals surface area (Å²) in [6.45, 7) is 0.579. The molecule has 0 aromatic carbocycles. The minimum atomic E-state index is 0.513. The van der Waals surface area contributed by atoms with E-state index in [1.807, 2.05) is 6.20 Å². The molecule has 0 aliphatic heterocycles. The van der Waals surface area contributed by atoms with Crippen LogP contribution >= 0.6 is 0 Å². The lowest BCUT2D eigenvalue weighted by Crippen LogP contribution is -2.45. The zero-order chi connectivity index (χ0) is 11.2. The average molecular weight is 222 g/mol. The Balaban J connectivity index is 1.85. The molecule has 1 saturated carbocycles. The Morgan fingerprint density at radius 2 is 2.38 bits per heavy atom. The van der Waals surface area contributed by atoms with Crippen molar-refractivity contribution < 1.29 is 0 Å². The minimum absolute atomic E-state index is 0.513. The van der Waals surface area contributed by atoms with Crippen LogP contribution in [0.5, 0.6) is 0 Å². The lowest BCUT2D eigenvalue weighted by molar-refractivity contribution is 0.614. The number of aliphatic imine (C=N–C) groups is 1. The van der Waals surface area contributed by atoms with Crippen LogP contribution in [0.15, 0.2) is 17.4 Å². The van der Waals surface area contributed by atoms with Crippen LogP contribution in [-0.4, -0.2) is 22.2 Å². The molecule has 1 aromatic rings. The van der Waals surface area contributed by atoms with Gasteiger partial charge in [-0.2, -0.15) is 5.10 Å². The number of guanidine groups is 1. The second kappa shape index (κ2) is 5.50. The molecular weight excluding hydrogens is 204 g/mol. The summed E-state index contributed by atoms with van der Waals surface area (Å²) in [7, 11) is 0. The Bertz CT molecular complexity index is 325. The lowest BCUT2D eigenvalue weighted by Gasteiger charge is -2.14. The highest BCUT2D eigenvalue weighted by Gasteiger charge is 2.15. The zero-order valence-electron chi connectivity index (χ0n) is 9.24. The largest absolute Gasteiger partial charge is 0.353 e. The number of hydrogen-bond donors (Lipinski definition) is 4. The normalized spacial score (nSPS) is 17.7. The number of H-pyrrole nitrogens is 1. The van der Waals surface area contributed by atoms with Gasteiger partial charge in [0, 0.05) is 17.8 Å². The predicted molar refractivity (Wildman–Crippen MR) is 62.4 cm³/mol. The molecule has 0 atom stereocenters. The predicted octanol–water partition coefficient (Wildman–Crippen LogP) is 0.261. The summed E-state index contributed by atoms with van der Waals surface area (Å²) in [4.78, 5) is 4.36. The van der Waals surface area contributed by atoms with Gasteiger partial charge >= 0.3 is 0 Å². The molecule has 0 bridgehead atoms. The van der Waals surface area contributed by atoms with Crippen molar-refractivity contribution in [1.29, 1.82) is 0 Å². The maximum Gasteiger partial charge on any atom is 0.206 e. The SMILES string of the molecule is NNC(=NCc1cn[nH]c1)NC1CCCC1. The van der Waals surface area contributed by atoms with Crippen LogP contribution in [0.25, 0.3) is 0 Å². The summed E-state index contributed by atoms with van der Waals surface area (Å²) in [5, 5.41) is 9.93. The molecule has 16 heavy (non-hydrogen) atoms. The first-order valence-corrected chi connectivity index (χ1v) is 5.64. The summed E-state index contributed by atoms with van der Waals surface area (Å²) in [5.41, 5.74) is 3.64. The molecule has 88 valence electrons. The van der Waals surface area contributed by atoms with E-state index in [1.165, 1.54) is 25.7 Å². The van der Waals surface area contributed by atoms with Crippen molar-refractivity contribution >= 4 is 5.96 Å². The van der Waals surface area contributed by atoms with Crippen LogP contribution in [0, 0.1) is 0 Å². The third-order valence-corrected chi connectivity index (χ3v) is 2.81. The molecular formula is C10H18N6. The van der Waals surface area contributed by atoms with Crippen molar-refractivity contribution in [2.75, 3.05) is 0 Å². The first-order chi connectivity index (χ1) is 7.88. The fourth-order valence-electron chi connectivity index (χ4n) is 1.93.